The maximum Gasteiger partial charge on any atom is 0.146 e. The smallest absolute Gasteiger partial charge is 0.127 e. The van der Waals surface area contributed by atoms with E-state index in [1.165, 1.54) is 62.2 Å². The van der Waals surface area contributed by atoms with E-state index >= 15 is 0 Å². The summed E-state index contributed by atoms with van der Waals surface area (Å²) in [5, 5.41) is 10.6. The van der Waals surface area contributed by atoms with Crippen molar-refractivity contribution in [2.75, 3.05) is 0 Å². The molecule has 2 aromatic heterocycles. The van der Waals surface area contributed by atoms with Gasteiger partial charge in [-0.25, -0.2) is 0 Å². The summed E-state index contributed by atoms with van der Waals surface area (Å²) in [6.07, 6.45) is 0. The predicted octanol–water partition coefficient (Wildman–Crippen LogP) is 14.7. The largest absolute Gasteiger partial charge is 0.146 e. The Morgan fingerprint density at radius 3 is 0.896 bits per heavy atom. The highest BCUT2D eigenvalue weighted by atomic mass is 32.1. The van der Waals surface area contributed by atoms with Crippen LogP contribution < -0.4 is 0 Å². The molecule has 0 atom stereocenters. The summed E-state index contributed by atoms with van der Waals surface area (Å²) in [6.45, 7) is 28.7. The first-order valence-electron chi connectivity index (χ1n) is 18.0. The predicted molar refractivity (Wildman–Crippen MR) is 226 cm³/mol. The van der Waals surface area contributed by atoms with Crippen LogP contribution in [0, 0.1) is 22.9 Å². The molecule has 0 spiro atoms. The molecule has 0 N–H and O–H groups in total. The number of thiophene rings is 2. The third-order valence-electron chi connectivity index (χ3n) is 11.7. The maximum absolute atomic E-state index is 3.95. The van der Waals surface area contributed by atoms with Crippen molar-refractivity contribution in [3.05, 3.63) is 70.4 Å². The summed E-state index contributed by atoms with van der Waals surface area (Å²) in [4.78, 5) is 2.40. The molecular weight excluding hydrogens is 649 g/mol. The molecule has 6 aromatic rings. The second-order valence-electron chi connectivity index (χ2n) is 15.9. The van der Waals surface area contributed by atoms with Crippen molar-refractivity contribution in [3.63, 3.8) is 0 Å². The van der Waals surface area contributed by atoms with Crippen LogP contribution in [0.1, 0.15) is 92.8 Å². The maximum atomic E-state index is 3.95. The van der Waals surface area contributed by atoms with Crippen molar-refractivity contribution < 1.29 is 0 Å². The first-order valence-corrected chi connectivity index (χ1v) is 24.1. The Bertz CT molecular complexity index is 2080. The van der Waals surface area contributed by atoms with Gasteiger partial charge in [0, 0.05) is 20.2 Å². The van der Waals surface area contributed by atoms with E-state index in [2.05, 4.69) is 167 Å². The van der Waals surface area contributed by atoms with Crippen molar-refractivity contribution in [1.82, 2.24) is 0 Å². The highest BCUT2D eigenvalue weighted by Crippen LogP contribution is 2.44. The Hall–Kier alpha value is -2.87. The summed E-state index contributed by atoms with van der Waals surface area (Å²) >= 11 is 3.70. The first kappa shape index (κ1) is 35.0. The minimum atomic E-state index is -1.78. The third kappa shape index (κ3) is 5.58. The molecule has 0 radical (unpaired) electrons. The van der Waals surface area contributed by atoms with Gasteiger partial charge in [-0.15, -0.1) is 33.8 Å². The lowest BCUT2D eigenvalue weighted by Crippen LogP contribution is -2.43. The van der Waals surface area contributed by atoms with Crippen molar-refractivity contribution >= 4 is 91.3 Å². The molecule has 6 rings (SSSR count). The molecule has 0 saturated carbocycles. The van der Waals surface area contributed by atoms with Gasteiger partial charge in [-0.1, -0.05) is 131 Å². The van der Waals surface area contributed by atoms with E-state index in [-0.39, 0.29) is 0 Å². The number of hydrogen-bond acceptors (Lipinski definition) is 2. The summed E-state index contributed by atoms with van der Waals surface area (Å²) in [5.74, 6) is 7.44. The lowest BCUT2D eigenvalue weighted by Gasteiger charge is -2.38. The fourth-order valence-corrected chi connectivity index (χ4v) is 21.9. The molecule has 0 saturated heterocycles. The average Bonchev–Trinajstić information content (AvgIpc) is 3.64. The fraction of sp³-hybridized carbons (Fsp3) is 0.409. The van der Waals surface area contributed by atoms with Crippen LogP contribution in [-0.4, -0.2) is 16.1 Å². The lowest BCUT2D eigenvalue weighted by molar-refractivity contribution is 0.838. The van der Waals surface area contributed by atoms with Crippen molar-refractivity contribution in [3.8, 4) is 22.9 Å². The van der Waals surface area contributed by atoms with Crippen molar-refractivity contribution in [2.45, 2.75) is 116 Å². The number of rotatable bonds is 6. The van der Waals surface area contributed by atoms with Crippen LogP contribution in [0.25, 0.3) is 52.5 Å². The zero-order valence-electron chi connectivity index (χ0n) is 31.1. The third-order valence-corrected chi connectivity index (χ3v) is 26.3. The Morgan fingerprint density at radius 2 is 0.625 bits per heavy atom. The van der Waals surface area contributed by atoms with E-state index in [1.807, 2.05) is 22.7 Å². The molecule has 0 aliphatic carbocycles. The van der Waals surface area contributed by atoms with Crippen molar-refractivity contribution in [2.24, 2.45) is 0 Å². The van der Waals surface area contributed by atoms with Gasteiger partial charge in [0.25, 0.3) is 0 Å². The quantitative estimate of drug-likeness (QED) is 0.0922. The second-order valence-corrected chi connectivity index (χ2v) is 29.2. The molecule has 248 valence electrons. The van der Waals surface area contributed by atoms with Crippen LogP contribution in [0.15, 0.2) is 60.7 Å². The van der Waals surface area contributed by atoms with E-state index in [0.717, 1.165) is 0 Å². The fourth-order valence-electron chi connectivity index (χ4n) is 9.41. The van der Waals surface area contributed by atoms with E-state index < -0.39 is 16.1 Å². The van der Waals surface area contributed by atoms with Crippen LogP contribution in [0.4, 0.5) is 0 Å². The summed E-state index contributed by atoms with van der Waals surface area (Å²) in [5.41, 5.74) is 11.7. The highest BCUT2D eigenvalue weighted by Gasteiger charge is 2.42. The van der Waals surface area contributed by atoms with E-state index in [0.29, 0.717) is 33.2 Å². The number of hydrogen-bond donors (Lipinski definition) is 0. The van der Waals surface area contributed by atoms with Gasteiger partial charge < -0.3 is 0 Å². The highest BCUT2D eigenvalue weighted by molar-refractivity contribution is 7.20. The number of benzene rings is 4. The molecule has 0 aliphatic rings. The summed E-state index contributed by atoms with van der Waals surface area (Å²) in [7, 11) is -3.56. The SMILES string of the molecule is CC(C)[Si](C#Cc1cc2c(ccc3c2ccc2c4ccc5sc(C#C[Si](C(C)C)(C(C)C)C(C)C)cc5c4ccc32)s1)(C(C)C)C(C)C. The Kier molecular flexibility index (Phi) is 9.55. The lowest BCUT2D eigenvalue weighted by atomic mass is 9.95. The minimum absolute atomic E-state index is 0.636. The van der Waals surface area contributed by atoms with Gasteiger partial charge >= 0.3 is 0 Å². The first-order chi connectivity index (χ1) is 22.7. The Labute approximate surface area is 299 Å². The van der Waals surface area contributed by atoms with Crippen LogP contribution in [0.2, 0.25) is 33.2 Å². The minimum Gasteiger partial charge on any atom is -0.127 e. The topological polar surface area (TPSA) is 0 Å². The molecule has 0 aliphatic heterocycles. The molecule has 4 heteroatoms. The monoisotopic (exact) mass is 700 g/mol. The molecule has 0 fully saturated rings. The van der Waals surface area contributed by atoms with E-state index in [4.69, 9.17) is 0 Å². The average molecular weight is 701 g/mol. The molecule has 0 unspecified atom stereocenters. The molecule has 48 heavy (non-hydrogen) atoms. The van der Waals surface area contributed by atoms with Crippen LogP contribution in [0.3, 0.4) is 0 Å². The van der Waals surface area contributed by atoms with E-state index in [1.54, 1.807) is 0 Å². The van der Waals surface area contributed by atoms with E-state index in [9.17, 15) is 0 Å². The van der Waals surface area contributed by atoms with Crippen LogP contribution in [0.5, 0.6) is 0 Å². The Morgan fingerprint density at radius 1 is 0.375 bits per heavy atom. The van der Waals surface area contributed by atoms with Crippen LogP contribution in [-0.2, 0) is 0 Å². The zero-order valence-corrected chi connectivity index (χ0v) is 34.7. The zero-order chi connectivity index (χ0) is 34.7. The number of fused-ring (bicyclic) bond motifs is 9. The molecule has 2 heterocycles. The van der Waals surface area contributed by atoms with Gasteiger partial charge in [-0.2, -0.15) is 0 Å². The molecule has 0 amide bonds. The van der Waals surface area contributed by atoms with Crippen molar-refractivity contribution in [1.29, 1.82) is 0 Å². The van der Waals surface area contributed by atoms with Gasteiger partial charge in [-0.05, 0) is 89.8 Å². The molecule has 0 nitrogen and oxygen atoms in total. The normalized spacial score (nSPS) is 13.0. The molecular formula is C44H52S2Si2. The standard InChI is InChI=1S/C44H52S2Si2/c1-27(2)47(28(3)4,29(5)6)23-21-33-25-41-39-15-13-36-35(37(39)17-19-43(41)45-33)14-16-40-38(36)18-20-44-42(40)26-34(46-44)22-24-48(30(7)8,31(9)10)32(11)12/h13-20,25-32H,1-12H3. The molecule has 4 aromatic carbocycles. The van der Waals surface area contributed by atoms with Gasteiger partial charge in [0.1, 0.15) is 16.1 Å². The molecule has 0 bridgehead atoms. The summed E-state index contributed by atoms with van der Waals surface area (Å²) in [6, 6.07) is 23.4. The van der Waals surface area contributed by atoms with Gasteiger partial charge in [0.15, 0.2) is 0 Å². The van der Waals surface area contributed by atoms with Gasteiger partial charge in [-0.3, -0.25) is 0 Å². The Balaban J connectivity index is 1.45. The second kappa shape index (κ2) is 13.1. The summed E-state index contributed by atoms with van der Waals surface area (Å²) < 4.78 is 2.65. The van der Waals surface area contributed by atoms with Gasteiger partial charge in [0.2, 0.25) is 0 Å². The van der Waals surface area contributed by atoms with Gasteiger partial charge in [0.05, 0.1) is 9.75 Å². The van der Waals surface area contributed by atoms with Crippen LogP contribution >= 0.6 is 22.7 Å².